The standard InChI is InChI=1S/C21H15FN2O3S/c22-17-11-13(12-24-21(26)15-8-4-5-9-18(15)28-24)10-16(19(17)20(25)23-27)14-6-2-1-3-7-14/h1-11,27H,12H2,(H,23,25). The monoisotopic (exact) mass is 394 g/mol. The first kappa shape index (κ1) is 18.1. The number of nitrogens with zero attached hydrogens (tertiary/aromatic N) is 1. The number of halogens is 1. The molecule has 0 fully saturated rings. The number of amides is 1. The Kier molecular flexibility index (Phi) is 4.77. The van der Waals surface area contributed by atoms with Crippen molar-refractivity contribution in [3.63, 3.8) is 0 Å². The van der Waals surface area contributed by atoms with E-state index in [-0.39, 0.29) is 17.7 Å². The second kappa shape index (κ2) is 7.38. The van der Waals surface area contributed by atoms with E-state index >= 15 is 0 Å². The molecule has 0 saturated heterocycles. The van der Waals surface area contributed by atoms with Crippen LogP contribution in [0.5, 0.6) is 0 Å². The van der Waals surface area contributed by atoms with E-state index in [2.05, 4.69) is 0 Å². The molecule has 2 N–H and O–H groups in total. The number of aromatic nitrogens is 1. The number of carbonyl (C=O) groups excluding carboxylic acids is 1. The van der Waals surface area contributed by atoms with Crippen molar-refractivity contribution in [2.45, 2.75) is 6.54 Å². The number of rotatable bonds is 4. The summed E-state index contributed by atoms with van der Waals surface area (Å²) in [5, 5.41) is 9.61. The zero-order chi connectivity index (χ0) is 19.7. The normalized spacial score (nSPS) is 10.9. The lowest BCUT2D eigenvalue weighted by molar-refractivity contribution is 0.0702. The van der Waals surface area contributed by atoms with Crippen LogP contribution in [-0.2, 0) is 6.54 Å². The summed E-state index contributed by atoms with van der Waals surface area (Å²) in [6.45, 7) is 0.177. The van der Waals surface area contributed by atoms with Crippen molar-refractivity contribution >= 4 is 27.5 Å². The Morgan fingerprint density at radius 3 is 2.50 bits per heavy atom. The zero-order valence-corrected chi connectivity index (χ0v) is 15.4. The molecule has 140 valence electrons. The second-order valence-electron chi connectivity index (χ2n) is 6.24. The van der Waals surface area contributed by atoms with Crippen LogP contribution in [0.15, 0.2) is 71.5 Å². The summed E-state index contributed by atoms with van der Waals surface area (Å²) in [7, 11) is 0. The van der Waals surface area contributed by atoms with Gasteiger partial charge < -0.3 is 0 Å². The van der Waals surface area contributed by atoms with Crippen molar-refractivity contribution in [1.29, 1.82) is 0 Å². The van der Waals surface area contributed by atoms with Gasteiger partial charge in [-0.3, -0.25) is 18.8 Å². The first-order valence-corrected chi connectivity index (χ1v) is 9.27. The fraction of sp³-hybridized carbons (Fsp3) is 0.0476. The molecule has 28 heavy (non-hydrogen) atoms. The molecule has 4 rings (SSSR count). The molecule has 0 radical (unpaired) electrons. The highest BCUT2D eigenvalue weighted by Gasteiger charge is 2.20. The van der Waals surface area contributed by atoms with E-state index in [9.17, 15) is 14.0 Å². The van der Waals surface area contributed by atoms with Gasteiger partial charge >= 0.3 is 0 Å². The fourth-order valence-electron chi connectivity index (χ4n) is 3.17. The van der Waals surface area contributed by atoms with Gasteiger partial charge in [0.1, 0.15) is 5.82 Å². The number of carbonyl (C=O) groups is 1. The topological polar surface area (TPSA) is 71.3 Å². The number of hydrogen-bond donors (Lipinski definition) is 2. The van der Waals surface area contributed by atoms with Crippen LogP contribution in [0.4, 0.5) is 4.39 Å². The summed E-state index contributed by atoms with van der Waals surface area (Å²) in [5.41, 5.74) is 2.62. The number of fused-ring (bicyclic) bond motifs is 1. The fourth-order valence-corrected chi connectivity index (χ4v) is 4.20. The van der Waals surface area contributed by atoms with Gasteiger partial charge in [-0.1, -0.05) is 54.0 Å². The van der Waals surface area contributed by atoms with E-state index in [1.54, 1.807) is 46.4 Å². The Hall–Kier alpha value is -3.29. The van der Waals surface area contributed by atoms with Crippen LogP contribution in [0.2, 0.25) is 0 Å². The van der Waals surface area contributed by atoms with Gasteiger partial charge in [-0.15, -0.1) is 0 Å². The molecular weight excluding hydrogens is 379 g/mol. The van der Waals surface area contributed by atoms with E-state index in [1.807, 2.05) is 18.2 Å². The Morgan fingerprint density at radius 2 is 1.79 bits per heavy atom. The number of hydroxylamine groups is 1. The van der Waals surface area contributed by atoms with Crippen molar-refractivity contribution in [3.05, 3.63) is 94.0 Å². The van der Waals surface area contributed by atoms with Gasteiger partial charge in [0, 0.05) is 0 Å². The number of hydrogen-bond acceptors (Lipinski definition) is 4. The predicted molar refractivity (Wildman–Crippen MR) is 106 cm³/mol. The van der Waals surface area contributed by atoms with Crippen LogP contribution in [0, 0.1) is 5.82 Å². The van der Waals surface area contributed by atoms with Gasteiger partial charge in [0.05, 0.1) is 22.2 Å². The molecule has 0 atom stereocenters. The average molecular weight is 394 g/mol. The van der Waals surface area contributed by atoms with E-state index in [1.165, 1.54) is 23.1 Å². The first-order chi connectivity index (χ1) is 13.6. The van der Waals surface area contributed by atoms with Crippen molar-refractivity contribution in [2.75, 3.05) is 0 Å². The summed E-state index contributed by atoms with van der Waals surface area (Å²) in [6, 6.07) is 19.0. The minimum atomic E-state index is -0.929. The van der Waals surface area contributed by atoms with Crippen LogP contribution < -0.4 is 11.0 Å². The summed E-state index contributed by atoms with van der Waals surface area (Å²) < 4.78 is 17.2. The van der Waals surface area contributed by atoms with E-state index < -0.39 is 11.7 Å². The number of benzene rings is 3. The van der Waals surface area contributed by atoms with Crippen LogP contribution >= 0.6 is 11.5 Å². The quantitative estimate of drug-likeness (QED) is 0.405. The summed E-state index contributed by atoms with van der Waals surface area (Å²) in [4.78, 5) is 24.6. The Bertz CT molecular complexity index is 1230. The molecule has 0 aliphatic carbocycles. The average Bonchev–Trinajstić information content (AvgIpc) is 3.03. The molecule has 0 saturated carbocycles. The van der Waals surface area contributed by atoms with E-state index in [0.717, 1.165) is 4.70 Å². The predicted octanol–water partition coefficient (Wildman–Crippen LogP) is 4.04. The SMILES string of the molecule is O=C(NO)c1c(F)cc(Cn2sc3ccccc3c2=O)cc1-c1ccccc1. The van der Waals surface area contributed by atoms with Crippen LogP contribution in [0.1, 0.15) is 15.9 Å². The minimum absolute atomic E-state index is 0.139. The smallest absolute Gasteiger partial charge is 0.278 e. The molecule has 1 aromatic heterocycles. The third-order valence-electron chi connectivity index (χ3n) is 4.44. The molecule has 0 bridgehead atoms. The van der Waals surface area contributed by atoms with Gasteiger partial charge in [-0.25, -0.2) is 9.87 Å². The third-order valence-corrected chi connectivity index (χ3v) is 5.51. The molecule has 1 heterocycles. The Labute approximate surface area is 163 Å². The van der Waals surface area contributed by atoms with Crippen LogP contribution in [0.3, 0.4) is 0 Å². The molecule has 1 amide bonds. The van der Waals surface area contributed by atoms with Crippen LogP contribution in [-0.4, -0.2) is 15.1 Å². The second-order valence-corrected chi connectivity index (χ2v) is 7.30. The highest BCUT2D eigenvalue weighted by molar-refractivity contribution is 7.13. The lowest BCUT2D eigenvalue weighted by Crippen LogP contribution is -2.21. The Balaban J connectivity index is 1.84. The molecule has 0 aliphatic heterocycles. The molecule has 4 aromatic rings. The largest absolute Gasteiger partial charge is 0.288 e. The lowest BCUT2D eigenvalue weighted by atomic mass is 9.96. The van der Waals surface area contributed by atoms with E-state index in [0.29, 0.717) is 22.1 Å². The lowest BCUT2D eigenvalue weighted by Gasteiger charge is -2.12. The number of nitrogens with one attached hydrogen (secondary N) is 1. The molecule has 0 spiro atoms. The van der Waals surface area contributed by atoms with Gasteiger partial charge in [-0.05, 0) is 41.0 Å². The maximum absolute atomic E-state index is 14.8. The highest BCUT2D eigenvalue weighted by Crippen LogP contribution is 2.28. The summed E-state index contributed by atoms with van der Waals surface area (Å²) >= 11 is 1.30. The summed E-state index contributed by atoms with van der Waals surface area (Å²) in [6.07, 6.45) is 0. The Morgan fingerprint density at radius 1 is 1.07 bits per heavy atom. The van der Waals surface area contributed by atoms with Gasteiger partial charge in [-0.2, -0.15) is 0 Å². The van der Waals surface area contributed by atoms with E-state index in [4.69, 9.17) is 5.21 Å². The molecule has 5 nitrogen and oxygen atoms in total. The van der Waals surface area contributed by atoms with Gasteiger partial charge in [0.25, 0.3) is 11.5 Å². The molecule has 3 aromatic carbocycles. The molecule has 7 heteroatoms. The van der Waals surface area contributed by atoms with Gasteiger partial charge in [0.15, 0.2) is 0 Å². The van der Waals surface area contributed by atoms with Crippen molar-refractivity contribution in [1.82, 2.24) is 9.44 Å². The third kappa shape index (κ3) is 3.21. The van der Waals surface area contributed by atoms with Crippen molar-refractivity contribution in [2.24, 2.45) is 0 Å². The maximum Gasteiger partial charge on any atom is 0.278 e. The molecule has 0 unspecified atom stereocenters. The minimum Gasteiger partial charge on any atom is -0.288 e. The van der Waals surface area contributed by atoms with Gasteiger partial charge in [0.2, 0.25) is 0 Å². The van der Waals surface area contributed by atoms with Crippen LogP contribution in [0.25, 0.3) is 21.2 Å². The maximum atomic E-state index is 14.8. The summed E-state index contributed by atoms with van der Waals surface area (Å²) in [5.74, 6) is -1.70. The molecular formula is C21H15FN2O3S. The van der Waals surface area contributed by atoms with Crippen molar-refractivity contribution in [3.8, 4) is 11.1 Å². The van der Waals surface area contributed by atoms with Crippen molar-refractivity contribution < 1.29 is 14.4 Å². The highest BCUT2D eigenvalue weighted by atomic mass is 32.1. The zero-order valence-electron chi connectivity index (χ0n) is 14.6. The molecule has 0 aliphatic rings. The first-order valence-electron chi connectivity index (χ1n) is 8.49.